The summed E-state index contributed by atoms with van der Waals surface area (Å²) in [5.74, 6) is 3.38. The van der Waals surface area contributed by atoms with Gasteiger partial charge in [0.05, 0.1) is 52.9 Å². The molecule has 0 aliphatic carbocycles. The summed E-state index contributed by atoms with van der Waals surface area (Å²) < 4.78 is 182. The van der Waals surface area contributed by atoms with E-state index in [-0.39, 0.29) is 13.2 Å². The first kappa shape index (κ1) is 66.3. The average molecular weight is 1200 g/mol. The summed E-state index contributed by atoms with van der Waals surface area (Å²) in [6.07, 6.45) is 7.83. The zero-order valence-electron chi connectivity index (χ0n) is 42.9. The molecule has 4 bridgehead atoms. The number of aliphatic hydroxyl groups is 2. The van der Waals surface area contributed by atoms with E-state index >= 15 is 0 Å². The number of halogens is 12. The van der Waals surface area contributed by atoms with Gasteiger partial charge in [0.1, 0.15) is 52.9 Å². The predicted octanol–water partition coefficient (Wildman–Crippen LogP) is 12.8. The number of benzene rings is 4. The summed E-state index contributed by atoms with van der Waals surface area (Å²) in [6, 6.07) is 39.2. The standard InChI is InChI=1S/C38H44O10.C14H18N2O2.2F6P/c1-3-9-31(10-4-1)29-47-37-33-13-7-14-34(37)44-26-22-40-18-20-42-24-28-46-36-16-8-15-35(38(36)48-30-32-11-5-2-6-12-32)45-27-23-41-19-17-39-21-25-43-33;17-11-9-15-5-1-13(2-6-15)14-3-7-16(8-4-14)10-12-18;2*1-7(2,3,4,5)6/h1-16H,17-30H2;1-8,17-18H,9-12H2;;/q;+2;2*-1. The summed E-state index contributed by atoms with van der Waals surface area (Å²) in [4.78, 5) is 0. The summed E-state index contributed by atoms with van der Waals surface area (Å²) in [5, 5.41) is 17.7. The van der Waals surface area contributed by atoms with Crippen LogP contribution in [0.3, 0.4) is 0 Å². The van der Waals surface area contributed by atoms with Crippen LogP contribution in [0, 0.1) is 0 Å². The van der Waals surface area contributed by atoms with Crippen molar-refractivity contribution in [1.29, 1.82) is 0 Å². The molecule has 0 radical (unpaired) electrons. The molecule has 7 rings (SSSR count). The molecular weight excluding hydrogens is 1130 g/mol. The van der Waals surface area contributed by atoms with Crippen LogP contribution < -0.4 is 37.6 Å². The summed E-state index contributed by atoms with van der Waals surface area (Å²) >= 11 is 0. The molecule has 28 heteroatoms. The van der Waals surface area contributed by atoms with E-state index in [1.165, 1.54) is 0 Å². The second-order valence-corrected chi connectivity index (χ2v) is 20.4. The van der Waals surface area contributed by atoms with Gasteiger partial charge >= 0.3 is 66.0 Å². The Morgan fingerprint density at radius 1 is 0.350 bits per heavy atom. The average Bonchev–Trinajstić information content (AvgIpc) is 3.38. The van der Waals surface area contributed by atoms with E-state index in [9.17, 15) is 50.4 Å². The topological polar surface area (TPSA) is 141 Å². The first-order chi connectivity index (χ1) is 37.6. The Kier molecular flexibility index (Phi) is 24.9. The molecule has 1 aliphatic heterocycles. The van der Waals surface area contributed by atoms with Crippen molar-refractivity contribution in [3.63, 3.8) is 0 Å². The van der Waals surface area contributed by atoms with Crippen LogP contribution >= 0.6 is 15.6 Å². The maximum Gasteiger partial charge on any atom is 0.203 e. The first-order valence-electron chi connectivity index (χ1n) is 24.3. The Morgan fingerprint density at radius 3 is 0.850 bits per heavy atom. The largest absolute Gasteiger partial charge is 0.487 e. The van der Waals surface area contributed by atoms with Gasteiger partial charge in [0.25, 0.3) is 0 Å². The molecule has 2 aromatic heterocycles. The van der Waals surface area contributed by atoms with Gasteiger partial charge in [0, 0.05) is 24.3 Å². The second-order valence-electron chi connectivity index (χ2n) is 16.6. The predicted molar refractivity (Wildman–Crippen MR) is 273 cm³/mol. The molecule has 80 heavy (non-hydrogen) atoms. The minimum Gasteiger partial charge on any atom is -0.487 e. The molecule has 4 aromatic carbocycles. The third kappa shape index (κ3) is 33.4. The Hall–Kier alpha value is -6.24. The molecule has 2 N–H and O–H groups in total. The SMILES string of the molecule is F[P-](F)(F)(F)(F)F.F[P-](F)(F)(F)(F)F.OCC[n+]1ccc(-c2cc[n+](CCO)cc2)cc1.c1ccc(COc2c3cccc2OCCOCCOCCOc2cccc(c2OCc2ccccc2)OCCOCCOCCO3)cc1. The van der Waals surface area contributed by atoms with E-state index in [1.807, 2.05) is 155 Å². The van der Waals surface area contributed by atoms with Crippen molar-refractivity contribution in [2.75, 3.05) is 92.5 Å². The van der Waals surface area contributed by atoms with Gasteiger partial charge in [-0.25, -0.2) is 9.13 Å². The van der Waals surface area contributed by atoms with Crippen molar-refractivity contribution in [3.05, 3.63) is 157 Å². The van der Waals surface area contributed by atoms with E-state index in [4.69, 9.17) is 57.6 Å². The molecule has 1 aliphatic rings. The Balaban J connectivity index is 0.000000348. The van der Waals surface area contributed by atoms with Gasteiger partial charge in [0.2, 0.25) is 11.5 Å². The maximum absolute atomic E-state index is 10.7. The Morgan fingerprint density at radius 2 is 0.600 bits per heavy atom. The molecule has 3 heterocycles. The van der Waals surface area contributed by atoms with E-state index in [1.54, 1.807) is 0 Å². The molecule has 0 saturated carbocycles. The van der Waals surface area contributed by atoms with Gasteiger partial charge in [-0.05, 0) is 46.5 Å². The summed E-state index contributed by atoms with van der Waals surface area (Å²) in [6.45, 7) is 6.82. The molecule has 0 spiro atoms. The first-order valence-corrected chi connectivity index (χ1v) is 28.4. The molecule has 14 nitrogen and oxygen atoms in total. The minimum absolute atomic E-state index is 0.149. The van der Waals surface area contributed by atoms with Crippen molar-refractivity contribution < 1.29 is 117 Å². The molecule has 0 fully saturated rings. The van der Waals surface area contributed by atoms with Crippen molar-refractivity contribution in [2.45, 2.75) is 26.3 Å². The van der Waals surface area contributed by atoms with Crippen molar-refractivity contribution in [1.82, 2.24) is 0 Å². The number of hydrogen-bond acceptors (Lipinski definition) is 12. The van der Waals surface area contributed by atoms with Crippen LogP contribution in [-0.4, -0.2) is 103 Å². The summed E-state index contributed by atoms with van der Waals surface area (Å²) in [7, 11) is -21.3. The van der Waals surface area contributed by atoms with Crippen LogP contribution in [0.2, 0.25) is 0 Å². The fourth-order valence-electron chi connectivity index (χ4n) is 6.50. The maximum atomic E-state index is 9.87. The van der Waals surface area contributed by atoms with Crippen LogP contribution in [0.4, 0.5) is 50.4 Å². The van der Waals surface area contributed by atoms with E-state index in [2.05, 4.69) is 0 Å². The normalized spacial score (nSPS) is 15.9. The molecular formula is C52H62F12N2O12P2. The second kappa shape index (κ2) is 30.0. The van der Waals surface area contributed by atoms with Crippen molar-refractivity contribution in [2.24, 2.45) is 0 Å². The molecule has 0 amide bonds. The number of hydrogen-bond donors (Lipinski definition) is 2. The van der Waals surface area contributed by atoms with E-state index in [0.717, 1.165) is 22.3 Å². The molecule has 0 unspecified atom stereocenters. The molecule has 0 atom stereocenters. The number of rotatable bonds is 11. The van der Waals surface area contributed by atoms with Crippen molar-refractivity contribution >= 4 is 15.6 Å². The van der Waals surface area contributed by atoms with Gasteiger partial charge in [0.15, 0.2) is 60.9 Å². The number of para-hydroxylation sites is 2. The number of fused-ring (bicyclic) bond motifs is 4. The van der Waals surface area contributed by atoms with E-state index in [0.29, 0.717) is 140 Å². The number of aliphatic hydroxyl groups excluding tert-OH is 2. The minimum atomic E-state index is -10.7. The fourth-order valence-corrected chi connectivity index (χ4v) is 6.50. The monoisotopic (exact) mass is 1200 g/mol. The molecule has 6 aromatic rings. The third-order valence-electron chi connectivity index (χ3n) is 9.85. The van der Waals surface area contributed by atoms with E-state index < -0.39 is 15.6 Å². The third-order valence-corrected chi connectivity index (χ3v) is 9.85. The quantitative estimate of drug-likeness (QED) is 0.0725. The van der Waals surface area contributed by atoms with Gasteiger partial charge in [-0.1, -0.05) is 72.8 Å². The van der Waals surface area contributed by atoms with Gasteiger partial charge in [-0.15, -0.1) is 0 Å². The number of pyridine rings is 2. The van der Waals surface area contributed by atoms with Crippen LogP contribution in [0.25, 0.3) is 11.1 Å². The van der Waals surface area contributed by atoms with Crippen LogP contribution in [0.5, 0.6) is 34.5 Å². The van der Waals surface area contributed by atoms with Crippen LogP contribution in [-0.2, 0) is 45.3 Å². The zero-order chi connectivity index (χ0) is 58.5. The van der Waals surface area contributed by atoms with Crippen LogP contribution in [0.15, 0.2) is 146 Å². The number of ether oxygens (including phenoxy) is 10. The number of aromatic nitrogens is 2. The number of nitrogens with zero attached hydrogens (tertiary/aromatic N) is 2. The Labute approximate surface area is 453 Å². The van der Waals surface area contributed by atoms with Gasteiger partial charge < -0.3 is 57.6 Å². The fraction of sp³-hybridized carbons (Fsp3) is 0.346. The smallest absolute Gasteiger partial charge is 0.203 e. The Bertz CT molecular complexity index is 2440. The van der Waals surface area contributed by atoms with Crippen molar-refractivity contribution in [3.8, 4) is 45.6 Å². The van der Waals surface area contributed by atoms with Gasteiger partial charge in [-0.3, -0.25) is 0 Å². The summed E-state index contributed by atoms with van der Waals surface area (Å²) in [5.41, 5.74) is 4.36. The molecule has 446 valence electrons. The van der Waals surface area contributed by atoms with Crippen LogP contribution in [0.1, 0.15) is 11.1 Å². The van der Waals surface area contributed by atoms with Gasteiger partial charge in [-0.2, -0.15) is 0 Å². The molecule has 0 saturated heterocycles. The zero-order valence-corrected chi connectivity index (χ0v) is 44.7.